The maximum absolute atomic E-state index is 13.0. The topological polar surface area (TPSA) is 45.0 Å². The van der Waals surface area contributed by atoms with Gasteiger partial charge in [-0.2, -0.15) is 5.26 Å². The van der Waals surface area contributed by atoms with Crippen LogP contribution in [0.1, 0.15) is 32.3 Å². The van der Waals surface area contributed by atoms with Crippen molar-refractivity contribution in [1.82, 2.24) is 0 Å². The molecule has 4 heteroatoms. The summed E-state index contributed by atoms with van der Waals surface area (Å²) in [4.78, 5) is 0. The molecule has 18 heavy (non-hydrogen) atoms. The van der Waals surface area contributed by atoms with E-state index in [1.807, 2.05) is 19.9 Å². The number of halogens is 1. The van der Waals surface area contributed by atoms with Gasteiger partial charge in [-0.3, -0.25) is 0 Å². The summed E-state index contributed by atoms with van der Waals surface area (Å²) < 4.78 is 18.7. The van der Waals surface area contributed by atoms with E-state index in [2.05, 4.69) is 5.32 Å². The molecular formula is C14H17FN2O. The van der Waals surface area contributed by atoms with Gasteiger partial charge in [-0.25, -0.2) is 4.39 Å². The Balaban J connectivity index is 2.12. The summed E-state index contributed by atoms with van der Waals surface area (Å²) in [5.41, 5.74) is 1.05. The molecule has 1 saturated heterocycles. The second-order valence-electron chi connectivity index (χ2n) is 4.87. The third-order valence-electron chi connectivity index (χ3n) is 3.16. The largest absolute Gasteiger partial charge is 0.381 e. The minimum absolute atomic E-state index is 0.206. The first-order valence-electron chi connectivity index (χ1n) is 6.20. The Labute approximate surface area is 107 Å². The van der Waals surface area contributed by atoms with Crippen LogP contribution >= 0.6 is 0 Å². The maximum Gasteiger partial charge on any atom is 0.124 e. The molecular weight excluding hydrogens is 231 g/mol. The molecule has 1 aromatic rings. The van der Waals surface area contributed by atoms with Gasteiger partial charge in [0.15, 0.2) is 0 Å². The van der Waals surface area contributed by atoms with Crippen molar-refractivity contribution in [2.75, 3.05) is 5.32 Å². The van der Waals surface area contributed by atoms with Gasteiger partial charge in [0.2, 0.25) is 0 Å². The first-order valence-corrected chi connectivity index (χ1v) is 6.20. The highest BCUT2D eigenvalue weighted by atomic mass is 19.1. The molecule has 2 atom stereocenters. The molecule has 1 aromatic carbocycles. The van der Waals surface area contributed by atoms with Crippen molar-refractivity contribution >= 4 is 5.69 Å². The van der Waals surface area contributed by atoms with E-state index in [1.54, 1.807) is 6.07 Å². The van der Waals surface area contributed by atoms with E-state index in [-0.39, 0.29) is 24.1 Å². The summed E-state index contributed by atoms with van der Waals surface area (Å²) in [5.74, 6) is -0.384. The maximum atomic E-state index is 13.0. The van der Waals surface area contributed by atoms with Crippen LogP contribution in [0.3, 0.4) is 0 Å². The average Bonchev–Trinajstić information content (AvgIpc) is 2.30. The van der Waals surface area contributed by atoms with Crippen LogP contribution in [0.5, 0.6) is 0 Å². The number of ether oxygens (including phenoxy) is 1. The van der Waals surface area contributed by atoms with Crippen molar-refractivity contribution in [2.24, 2.45) is 0 Å². The summed E-state index contributed by atoms with van der Waals surface area (Å²) in [7, 11) is 0. The van der Waals surface area contributed by atoms with Crippen molar-refractivity contribution in [3.05, 3.63) is 29.6 Å². The molecule has 0 saturated carbocycles. The Morgan fingerprint density at radius 3 is 2.61 bits per heavy atom. The van der Waals surface area contributed by atoms with Gasteiger partial charge in [0.25, 0.3) is 0 Å². The zero-order valence-electron chi connectivity index (χ0n) is 10.6. The Bertz CT molecular complexity index is 459. The van der Waals surface area contributed by atoms with Gasteiger partial charge in [-0.15, -0.1) is 0 Å². The summed E-state index contributed by atoms with van der Waals surface area (Å²) in [6, 6.07) is 6.53. The van der Waals surface area contributed by atoms with Gasteiger partial charge in [-0.1, -0.05) is 0 Å². The van der Waals surface area contributed by atoms with E-state index in [0.717, 1.165) is 12.8 Å². The zero-order chi connectivity index (χ0) is 13.1. The molecule has 2 rings (SSSR count). The SMILES string of the molecule is CC1CC(Nc2ccc(F)cc2C#N)CC(C)O1. The molecule has 1 N–H and O–H groups in total. The summed E-state index contributed by atoms with van der Waals surface area (Å²) >= 11 is 0. The zero-order valence-corrected chi connectivity index (χ0v) is 10.6. The smallest absolute Gasteiger partial charge is 0.124 e. The predicted molar refractivity (Wildman–Crippen MR) is 67.8 cm³/mol. The molecule has 1 heterocycles. The minimum Gasteiger partial charge on any atom is -0.381 e. The van der Waals surface area contributed by atoms with E-state index < -0.39 is 0 Å². The highest BCUT2D eigenvalue weighted by Gasteiger charge is 2.24. The number of nitrogens with one attached hydrogen (secondary N) is 1. The van der Waals surface area contributed by atoms with Crippen LogP contribution in [0.2, 0.25) is 0 Å². The number of hydrogen-bond acceptors (Lipinski definition) is 3. The molecule has 0 aliphatic carbocycles. The van der Waals surface area contributed by atoms with Crippen molar-refractivity contribution < 1.29 is 9.13 Å². The Morgan fingerprint density at radius 1 is 1.33 bits per heavy atom. The molecule has 1 fully saturated rings. The third kappa shape index (κ3) is 2.99. The van der Waals surface area contributed by atoms with Crippen LogP contribution in [-0.2, 0) is 4.74 Å². The molecule has 0 amide bonds. The van der Waals surface area contributed by atoms with Crippen LogP contribution in [-0.4, -0.2) is 18.2 Å². The normalized spacial score (nSPS) is 27.6. The quantitative estimate of drug-likeness (QED) is 0.874. The van der Waals surface area contributed by atoms with Crippen LogP contribution in [0.25, 0.3) is 0 Å². The lowest BCUT2D eigenvalue weighted by molar-refractivity contribution is -0.0337. The Kier molecular flexibility index (Phi) is 3.83. The number of hydrogen-bond donors (Lipinski definition) is 1. The molecule has 1 aliphatic heterocycles. The fourth-order valence-corrected chi connectivity index (χ4v) is 2.48. The Hall–Kier alpha value is -1.60. The highest BCUT2D eigenvalue weighted by Crippen LogP contribution is 2.24. The van der Waals surface area contributed by atoms with Gasteiger partial charge in [0, 0.05) is 6.04 Å². The van der Waals surface area contributed by atoms with E-state index in [9.17, 15) is 4.39 Å². The van der Waals surface area contributed by atoms with Crippen molar-refractivity contribution in [3.8, 4) is 6.07 Å². The lowest BCUT2D eigenvalue weighted by Crippen LogP contribution is -2.37. The average molecular weight is 248 g/mol. The molecule has 0 radical (unpaired) electrons. The summed E-state index contributed by atoms with van der Waals surface area (Å²) in [6.07, 6.45) is 2.20. The molecule has 1 aliphatic rings. The molecule has 2 unspecified atom stereocenters. The van der Waals surface area contributed by atoms with E-state index in [1.165, 1.54) is 12.1 Å². The first-order chi connectivity index (χ1) is 8.58. The second kappa shape index (κ2) is 5.36. The standard InChI is InChI=1S/C14H17FN2O/c1-9-5-13(6-10(2)18-9)17-14-4-3-12(15)7-11(14)8-16/h3-4,7,9-10,13,17H,5-6H2,1-2H3. The summed E-state index contributed by atoms with van der Waals surface area (Å²) in [6.45, 7) is 4.08. The van der Waals surface area contributed by atoms with Crippen molar-refractivity contribution in [1.29, 1.82) is 5.26 Å². The number of nitrogens with zero attached hydrogens (tertiary/aromatic N) is 1. The fraction of sp³-hybridized carbons (Fsp3) is 0.500. The molecule has 0 aromatic heterocycles. The van der Waals surface area contributed by atoms with Crippen LogP contribution in [0.4, 0.5) is 10.1 Å². The van der Waals surface area contributed by atoms with Gasteiger partial charge in [0.1, 0.15) is 11.9 Å². The fourth-order valence-electron chi connectivity index (χ4n) is 2.48. The van der Waals surface area contributed by atoms with E-state index in [4.69, 9.17) is 10.00 Å². The first kappa shape index (κ1) is 12.8. The highest BCUT2D eigenvalue weighted by molar-refractivity contribution is 5.57. The molecule has 96 valence electrons. The predicted octanol–water partition coefficient (Wildman–Crippen LogP) is 3.07. The molecule has 3 nitrogen and oxygen atoms in total. The van der Waals surface area contributed by atoms with Crippen molar-refractivity contribution in [2.45, 2.75) is 44.9 Å². The van der Waals surface area contributed by atoms with Gasteiger partial charge < -0.3 is 10.1 Å². The van der Waals surface area contributed by atoms with E-state index >= 15 is 0 Å². The van der Waals surface area contributed by atoms with Gasteiger partial charge in [0.05, 0.1) is 23.5 Å². The number of anilines is 1. The molecule has 0 spiro atoms. The van der Waals surface area contributed by atoms with Crippen LogP contribution < -0.4 is 5.32 Å². The van der Waals surface area contributed by atoms with Gasteiger partial charge in [-0.05, 0) is 44.9 Å². The number of rotatable bonds is 2. The van der Waals surface area contributed by atoms with E-state index in [0.29, 0.717) is 11.3 Å². The van der Waals surface area contributed by atoms with Crippen LogP contribution in [0, 0.1) is 17.1 Å². The number of benzene rings is 1. The second-order valence-corrected chi connectivity index (χ2v) is 4.87. The number of nitriles is 1. The summed E-state index contributed by atoms with van der Waals surface area (Å²) in [5, 5.41) is 12.3. The lowest BCUT2D eigenvalue weighted by atomic mass is 9.99. The van der Waals surface area contributed by atoms with Crippen molar-refractivity contribution in [3.63, 3.8) is 0 Å². The lowest BCUT2D eigenvalue weighted by Gasteiger charge is -2.33. The monoisotopic (exact) mass is 248 g/mol. The Morgan fingerprint density at radius 2 is 2.00 bits per heavy atom. The minimum atomic E-state index is -0.384. The van der Waals surface area contributed by atoms with Crippen LogP contribution in [0.15, 0.2) is 18.2 Å². The molecule has 0 bridgehead atoms. The van der Waals surface area contributed by atoms with Gasteiger partial charge >= 0.3 is 0 Å². The third-order valence-corrected chi connectivity index (χ3v) is 3.16.